The highest BCUT2D eigenvalue weighted by Gasteiger charge is 2.35. The highest BCUT2D eigenvalue weighted by Crippen LogP contribution is 2.45. The predicted molar refractivity (Wildman–Crippen MR) is 111 cm³/mol. The molecule has 5 heteroatoms. The molecule has 0 radical (unpaired) electrons. The third-order valence-corrected chi connectivity index (χ3v) is 6.20. The van der Waals surface area contributed by atoms with Crippen molar-refractivity contribution < 1.29 is 18.3 Å². The first kappa shape index (κ1) is 19.2. The van der Waals surface area contributed by atoms with Gasteiger partial charge in [0, 0.05) is 23.4 Å². The summed E-state index contributed by atoms with van der Waals surface area (Å²) < 4.78 is 33.1. The maximum absolute atomic E-state index is 14.4. The Labute approximate surface area is 174 Å². The van der Waals surface area contributed by atoms with Crippen LogP contribution < -0.4 is 0 Å². The standard InChI is InChI=1S/C25H23F2NO2/c26-17-9-7-15(8-10-17)23-19-3-1-2-4-22(19)28-24(16-5-6-16)20(23)12-11-18-21(27)13-14-30-25(18)29/h1-4,7-10,16,18,21H,5-6,11-14H2. The monoisotopic (exact) mass is 407 g/mol. The molecular formula is C25H23F2NO2. The number of esters is 1. The van der Waals surface area contributed by atoms with Gasteiger partial charge >= 0.3 is 5.97 Å². The van der Waals surface area contributed by atoms with Gasteiger partial charge in [0.15, 0.2) is 0 Å². The van der Waals surface area contributed by atoms with Crippen LogP contribution in [-0.4, -0.2) is 23.7 Å². The highest BCUT2D eigenvalue weighted by molar-refractivity contribution is 5.96. The Morgan fingerprint density at radius 3 is 2.53 bits per heavy atom. The zero-order valence-electron chi connectivity index (χ0n) is 16.6. The Balaban J connectivity index is 1.63. The van der Waals surface area contributed by atoms with Crippen LogP contribution in [0.5, 0.6) is 0 Å². The minimum absolute atomic E-state index is 0.155. The van der Waals surface area contributed by atoms with Gasteiger partial charge < -0.3 is 4.74 Å². The van der Waals surface area contributed by atoms with E-state index in [2.05, 4.69) is 0 Å². The van der Waals surface area contributed by atoms with Gasteiger partial charge in [-0.1, -0.05) is 30.3 Å². The molecule has 0 amide bonds. The van der Waals surface area contributed by atoms with Crippen LogP contribution in [0, 0.1) is 11.7 Å². The molecule has 2 heterocycles. The van der Waals surface area contributed by atoms with Gasteiger partial charge in [-0.3, -0.25) is 9.78 Å². The average Bonchev–Trinajstić information content (AvgIpc) is 3.59. The average molecular weight is 407 g/mol. The zero-order chi connectivity index (χ0) is 20.7. The first-order chi connectivity index (χ1) is 14.6. The number of rotatable bonds is 5. The van der Waals surface area contributed by atoms with Gasteiger partial charge in [0.1, 0.15) is 12.0 Å². The van der Waals surface area contributed by atoms with E-state index < -0.39 is 18.1 Å². The van der Waals surface area contributed by atoms with Gasteiger partial charge in [0.25, 0.3) is 0 Å². The number of ether oxygens (including phenoxy) is 1. The second-order valence-corrected chi connectivity index (χ2v) is 8.27. The predicted octanol–water partition coefficient (Wildman–Crippen LogP) is 5.75. The third kappa shape index (κ3) is 3.57. The number of carbonyl (C=O) groups excluding carboxylic acids is 1. The Bertz CT molecular complexity index is 1090. The molecular weight excluding hydrogens is 384 g/mol. The van der Waals surface area contributed by atoms with Crippen LogP contribution in [0.15, 0.2) is 48.5 Å². The highest BCUT2D eigenvalue weighted by atomic mass is 19.1. The summed E-state index contributed by atoms with van der Waals surface area (Å²) in [7, 11) is 0. The Morgan fingerprint density at radius 1 is 1.03 bits per heavy atom. The molecule has 2 unspecified atom stereocenters. The van der Waals surface area contributed by atoms with Crippen LogP contribution in [0.1, 0.15) is 42.9 Å². The minimum Gasteiger partial charge on any atom is -0.465 e. The number of aromatic nitrogens is 1. The summed E-state index contributed by atoms with van der Waals surface area (Å²) in [4.78, 5) is 17.1. The van der Waals surface area contributed by atoms with E-state index in [4.69, 9.17) is 9.72 Å². The third-order valence-electron chi connectivity index (χ3n) is 6.20. The second-order valence-electron chi connectivity index (χ2n) is 8.27. The molecule has 0 N–H and O–H groups in total. The lowest BCUT2D eigenvalue weighted by Gasteiger charge is -2.25. The van der Waals surface area contributed by atoms with Crippen molar-refractivity contribution in [1.29, 1.82) is 0 Å². The number of fused-ring (bicyclic) bond motifs is 1. The maximum atomic E-state index is 14.4. The fourth-order valence-electron chi connectivity index (χ4n) is 4.49. The van der Waals surface area contributed by atoms with Gasteiger partial charge in [-0.15, -0.1) is 0 Å². The second kappa shape index (κ2) is 7.78. The summed E-state index contributed by atoms with van der Waals surface area (Å²) in [6.07, 6.45) is 2.17. The summed E-state index contributed by atoms with van der Waals surface area (Å²) in [6, 6.07) is 14.4. The number of hydrogen-bond acceptors (Lipinski definition) is 3. The molecule has 0 spiro atoms. The zero-order valence-corrected chi connectivity index (χ0v) is 16.6. The number of pyridine rings is 1. The van der Waals surface area contributed by atoms with Crippen molar-refractivity contribution in [3.63, 3.8) is 0 Å². The van der Waals surface area contributed by atoms with Crippen molar-refractivity contribution in [2.45, 2.75) is 44.2 Å². The van der Waals surface area contributed by atoms with E-state index in [0.29, 0.717) is 18.8 Å². The van der Waals surface area contributed by atoms with E-state index in [9.17, 15) is 13.6 Å². The van der Waals surface area contributed by atoms with Crippen molar-refractivity contribution in [3.8, 4) is 11.1 Å². The number of nitrogens with zero attached hydrogens (tertiary/aromatic N) is 1. The fraction of sp³-hybridized carbons (Fsp3) is 0.360. The first-order valence-electron chi connectivity index (χ1n) is 10.6. The number of benzene rings is 2. The smallest absolute Gasteiger partial charge is 0.311 e. The number of carbonyl (C=O) groups is 1. The van der Waals surface area contributed by atoms with Gasteiger partial charge in [-0.2, -0.15) is 0 Å². The van der Waals surface area contributed by atoms with E-state index in [-0.39, 0.29) is 18.8 Å². The van der Waals surface area contributed by atoms with Crippen LogP contribution in [0.3, 0.4) is 0 Å². The van der Waals surface area contributed by atoms with Crippen LogP contribution in [-0.2, 0) is 16.0 Å². The molecule has 1 aliphatic carbocycles. The Morgan fingerprint density at radius 2 is 1.80 bits per heavy atom. The van der Waals surface area contributed by atoms with Gasteiger partial charge in [0.05, 0.1) is 18.0 Å². The normalized spacial score (nSPS) is 21.6. The lowest BCUT2D eigenvalue weighted by atomic mass is 9.86. The van der Waals surface area contributed by atoms with Crippen molar-refractivity contribution >= 4 is 16.9 Å². The first-order valence-corrected chi connectivity index (χ1v) is 10.6. The number of cyclic esters (lactones) is 1. The van der Waals surface area contributed by atoms with E-state index in [0.717, 1.165) is 46.1 Å². The van der Waals surface area contributed by atoms with E-state index in [1.165, 1.54) is 12.1 Å². The fourth-order valence-corrected chi connectivity index (χ4v) is 4.49. The molecule has 2 aliphatic rings. The lowest BCUT2D eigenvalue weighted by Crippen LogP contribution is -2.34. The van der Waals surface area contributed by atoms with Crippen LogP contribution in [0.4, 0.5) is 8.78 Å². The summed E-state index contributed by atoms with van der Waals surface area (Å²) in [5.74, 6) is -1.08. The molecule has 1 aromatic heterocycles. The number of para-hydroxylation sites is 1. The number of hydrogen-bond donors (Lipinski definition) is 0. The van der Waals surface area contributed by atoms with Crippen molar-refractivity contribution in [2.24, 2.45) is 5.92 Å². The van der Waals surface area contributed by atoms with Crippen LogP contribution in [0.25, 0.3) is 22.0 Å². The Kier molecular flexibility index (Phi) is 4.97. The summed E-state index contributed by atoms with van der Waals surface area (Å²) >= 11 is 0. The molecule has 0 bridgehead atoms. The van der Waals surface area contributed by atoms with Gasteiger partial charge in [-0.05, 0) is 60.6 Å². The molecule has 3 aromatic rings. The lowest BCUT2D eigenvalue weighted by molar-refractivity contribution is -0.157. The molecule has 1 saturated carbocycles. The molecule has 1 aliphatic heterocycles. The molecule has 154 valence electrons. The van der Waals surface area contributed by atoms with Crippen molar-refractivity contribution in [3.05, 3.63) is 65.6 Å². The summed E-state index contributed by atoms with van der Waals surface area (Å²) in [6.45, 7) is 0.155. The van der Waals surface area contributed by atoms with Gasteiger partial charge in [0.2, 0.25) is 0 Å². The number of alkyl halides is 1. The SMILES string of the molecule is O=C1OCCC(F)C1CCc1c(C2CC2)nc2ccccc2c1-c1ccc(F)cc1. The topological polar surface area (TPSA) is 39.2 Å². The Hall–Kier alpha value is -2.82. The quantitative estimate of drug-likeness (QED) is 0.506. The molecule has 2 aromatic carbocycles. The molecule has 5 rings (SSSR count). The van der Waals surface area contributed by atoms with E-state index in [1.54, 1.807) is 12.1 Å². The van der Waals surface area contributed by atoms with Crippen molar-refractivity contribution in [2.75, 3.05) is 6.61 Å². The van der Waals surface area contributed by atoms with Crippen LogP contribution in [0.2, 0.25) is 0 Å². The molecule has 2 atom stereocenters. The molecule has 2 fully saturated rings. The van der Waals surface area contributed by atoms with E-state index >= 15 is 0 Å². The number of halogens is 2. The maximum Gasteiger partial charge on any atom is 0.311 e. The van der Waals surface area contributed by atoms with E-state index in [1.807, 2.05) is 24.3 Å². The van der Waals surface area contributed by atoms with Crippen molar-refractivity contribution in [1.82, 2.24) is 4.98 Å². The minimum atomic E-state index is -1.17. The van der Waals surface area contributed by atoms with Gasteiger partial charge in [-0.25, -0.2) is 8.78 Å². The summed E-state index contributed by atoms with van der Waals surface area (Å²) in [5.41, 5.74) is 4.92. The largest absolute Gasteiger partial charge is 0.465 e. The molecule has 3 nitrogen and oxygen atoms in total. The molecule has 1 saturated heterocycles. The molecule has 30 heavy (non-hydrogen) atoms. The summed E-state index contributed by atoms with van der Waals surface area (Å²) in [5, 5.41) is 0.992. The van der Waals surface area contributed by atoms with Crippen LogP contribution >= 0.6 is 0 Å².